The maximum Gasteiger partial charge on any atom is 0.119 e. The predicted octanol–water partition coefficient (Wildman–Crippen LogP) is 2.24. The second kappa shape index (κ2) is 5.45. The van der Waals surface area contributed by atoms with E-state index >= 15 is 0 Å². The molecule has 2 heteroatoms. The second-order valence-electron chi connectivity index (χ2n) is 3.44. The Morgan fingerprint density at radius 3 is 2.50 bits per heavy atom. The molecule has 1 aromatic carbocycles. The molecule has 0 radical (unpaired) electrons. The van der Waals surface area contributed by atoms with Crippen LogP contribution in [0.1, 0.15) is 5.56 Å². The Labute approximate surface area is 85.8 Å². The first-order valence-corrected chi connectivity index (χ1v) is 4.72. The lowest BCUT2D eigenvalue weighted by Crippen LogP contribution is -2.17. The van der Waals surface area contributed by atoms with Gasteiger partial charge in [-0.25, -0.2) is 0 Å². The summed E-state index contributed by atoms with van der Waals surface area (Å²) in [6.07, 6.45) is 0. The molecule has 1 aromatic rings. The number of nitrogens with zero attached hydrogens (tertiary/aromatic N) is 1. The molecule has 0 atom stereocenters. The summed E-state index contributed by atoms with van der Waals surface area (Å²) in [5.74, 6) is 0.743. The molecule has 2 nitrogen and oxygen atoms in total. The summed E-state index contributed by atoms with van der Waals surface area (Å²) in [5, 5.41) is 0. The molecule has 0 saturated heterocycles. The Morgan fingerprint density at radius 1 is 1.29 bits per heavy atom. The highest BCUT2D eigenvalue weighted by atomic mass is 16.5. The largest absolute Gasteiger partial charge is 0.492 e. The molecule has 76 valence electrons. The molecule has 0 aliphatic carbocycles. The first kappa shape index (κ1) is 10.8. The van der Waals surface area contributed by atoms with Crippen molar-refractivity contribution in [1.82, 2.24) is 4.90 Å². The van der Waals surface area contributed by atoms with E-state index in [1.54, 1.807) is 0 Å². The van der Waals surface area contributed by atoms with Crippen LogP contribution in [0.15, 0.2) is 36.9 Å². The van der Waals surface area contributed by atoms with Crippen molar-refractivity contribution in [3.05, 3.63) is 42.5 Å². The number of hydrogen-bond acceptors (Lipinski definition) is 2. The van der Waals surface area contributed by atoms with Crippen molar-refractivity contribution in [3.8, 4) is 0 Å². The molecule has 0 aromatic heterocycles. The molecule has 0 N–H and O–H groups in total. The average molecular weight is 191 g/mol. The number of ether oxygens (including phenoxy) is 1. The second-order valence-corrected chi connectivity index (χ2v) is 3.44. The Hall–Kier alpha value is -1.28. The van der Waals surface area contributed by atoms with Gasteiger partial charge in [0.1, 0.15) is 12.4 Å². The summed E-state index contributed by atoms with van der Waals surface area (Å²) in [6, 6.07) is 9.94. The zero-order valence-corrected chi connectivity index (χ0v) is 8.86. The van der Waals surface area contributed by atoms with Gasteiger partial charge in [-0.2, -0.15) is 0 Å². The molecule has 0 bridgehead atoms. The molecule has 0 unspecified atom stereocenters. The molecule has 0 spiro atoms. The van der Waals surface area contributed by atoms with Gasteiger partial charge in [-0.1, -0.05) is 36.9 Å². The van der Waals surface area contributed by atoms with Crippen molar-refractivity contribution >= 4 is 5.76 Å². The van der Waals surface area contributed by atoms with Gasteiger partial charge in [0.25, 0.3) is 0 Å². The quantitative estimate of drug-likeness (QED) is 0.662. The van der Waals surface area contributed by atoms with Crippen molar-refractivity contribution in [2.45, 2.75) is 0 Å². The first-order chi connectivity index (χ1) is 6.70. The van der Waals surface area contributed by atoms with Crippen LogP contribution in [0.5, 0.6) is 0 Å². The maximum absolute atomic E-state index is 5.50. The third-order valence-electron chi connectivity index (χ3n) is 1.91. The lowest BCUT2D eigenvalue weighted by atomic mass is 10.2. The monoisotopic (exact) mass is 191 g/mol. The lowest BCUT2D eigenvalue weighted by molar-refractivity contribution is 0.233. The Balaban J connectivity index is 2.36. The highest BCUT2D eigenvalue weighted by molar-refractivity contribution is 5.56. The van der Waals surface area contributed by atoms with E-state index < -0.39 is 0 Å². The van der Waals surface area contributed by atoms with E-state index in [1.165, 1.54) is 0 Å². The predicted molar refractivity (Wildman–Crippen MR) is 60.0 cm³/mol. The van der Waals surface area contributed by atoms with Gasteiger partial charge in [-0.05, 0) is 14.1 Å². The molecule has 0 aliphatic heterocycles. The Morgan fingerprint density at radius 2 is 1.93 bits per heavy atom. The van der Waals surface area contributed by atoms with Crippen LogP contribution < -0.4 is 0 Å². The van der Waals surface area contributed by atoms with E-state index in [-0.39, 0.29) is 0 Å². The van der Waals surface area contributed by atoms with Crippen LogP contribution in [0, 0.1) is 0 Å². The molecule has 0 fully saturated rings. The van der Waals surface area contributed by atoms with E-state index in [2.05, 4.69) is 11.5 Å². The van der Waals surface area contributed by atoms with Gasteiger partial charge in [0.15, 0.2) is 0 Å². The van der Waals surface area contributed by atoms with Crippen LogP contribution >= 0.6 is 0 Å². The Bertz CT molecular complexity index is 280. The van der Waals surface area contributed by atoms with Crippen LogP contribution in [-0.4, -0.2) is 32.1 Å². The summed E-state index contributed by atoms with van der Waals surface area (Å²) in [6.45, 7) is 5.47. The summed E-state index contributed by atoms with van der Waals surface area (Å²) >= 11 is 0. The highest BCUT2D eigenvalue weighted by Crippen LogP contribution is 2.12. The molecule has 0 amide bonds. The van der Waals surface area contributed by atoms with Gasteiger partial charge in [0.05, 0.1) is 0 Å². The van der Waals surface area contributed by atoms with Crippen LogP contribution in [0.3, 0.4) is 0 Å². The summed E-state index contributed by atoms with van der Waals surface area (Å²) in [5.41, 5.74) is 1.05. The van der Waals surface area contributed by atoms with Crippen molar-refractivity contribution in [2.24, 2.45) is 0 Å². The summed E-state index contributed by atoms with van der Waals surface area (Å²) in [4.78, 5) is 2.08. The standard InChI is InChI=1S/C12H17NO/c1-11(14-10-9-13(2)3)12-7-5-4-6-8-12/h4-8H,1,9-10H2,2-3H3. The van der Waals surface area contributed by atoms with E-state index in [0.29, 0.717) is 6.61 Å². The van der Waals surface area contributed by atoms with Gasteiger partial charge >= 0.3 is 0 Å². The van der Waals surface area contributed by atoms with Crippen molar-refractivity contribution in [2.75, 3.05) is 27.2 Å². The number of hydrogen-bond donors (Lipinski definition) is 0. The number of benzene rings is 1. The number of rotatable bonds is 5. The van der Waals surface area contributed by atoms with Crippen molar-refractivity contribution in [3.63, 3.8) is 0 Å². The lowest BCUT2D eigenvalue weighted by Gasteiger charge is -2.12. The molecule has 14 heavy (non-hydrogen) atoms. The topological polar surface area (TPSA) is 12.5 Å². The van der Waals surface area contributed by atoms with E-state index in [1.807, 2.05) is 44.4 Å². The van der Waals surface area contributed by atoms with Crippen molar-refractivity contribution in [1.29, 1.82) is 0 Å². The minimum Gasteiger partial charge on any atom is -0.492 e. The van der Waals surface area contributed by atoms with Crippen LogP contribution in [-0.2, 0) is 4.74 Å². The molecule has 0 aliphatic rings. The van der Waals surface area contributed by atoms with Crippen LogP contribution in [0.4, 0.5) is 0 Å². The van der Waals surface area contributed by atoms with Gasteiger partial charge < -0.3 is 9.64 Å². The molecular formula is C12H17NO. The summed E-state index contributed by atoms with van der Waals surface area (Å²) < 4.78 is 5.50. The fourth-order valence-electron chi connectivity index (χ4n) is 1.06. The minimum absolute atomic E-state index is 0.681. The van der Waals surface area contributed by atoms with E-state index in [9.17, 15) is 0 Å². The number of likely N-dealkylation sites (N-methyl/N-ethyl adjacent to an activating group) is 1. The van der Waals surface area contributed by atoms with Gasteiger partial charge in [-0.3, -0.25) is 0 Å². The minimum atomic E-state index is 0.681. The fraction of sp³-hybridized carbons (Fsp3) is 0.333. The normalized spacial score (nSPS) is 10.2. The third kappa shape index (κ3) is 3.62. The maximum atomic E-state index is 5.50. The zero-order chi connectivity index (χ0) is 10.4. The fourth-order valence-corrected chi connectivity index (χ4v) is 1.06. The van der Waals surface area contributed by atoms with E-state index in [0.717, 1.165) is 17.9 Å². The SMILES string of the molecule is C=C(OCCN(C)C)c1ccccc1. The van der Waals surface area contributed by atoms with Gasteiger partial charge in [0.2, 0.25) is 0 Å². The Kier molecular flexibility index (Phi) is 4.20. The molecule has 1 rings (SSSR count). The van der Waals surface area contributed by atoms with Gasteiger partial charge in [0, 0.05) is 12.1 Å². The molecule has 0 heterocycles. The van der Waals surface area contributed by atoms with Gasteiger partial charge in [-0.15, -0.1) is 0 Å². The van der Waals surface area contributed by atoms with Crippen LogP contribution in [0.2, 0.25) is 0 Å². The van der Waals surface area contributed by atoms with Crippen LogP contribution in [0.25, 0.3) is 5.76 Å². The first-order valence-electron chi connectivity index (χ1n) is 4.72. The van der Waals surface area contributed by atoms with Crippen molar-refractivity contribution < 1.29 is 4.74 Å². The zero-order valence-electron chi connectivity index (χ0n) is 8.86. The average Bonchev–Trinajstić information content (AvgIpc) is 2.18. The smallest absolute Gasteiger partial charge is 0.119 e. The highest BCUT2D eigenvalue weighted by Gasteiger charge is 1.98. The van der Waals surface area contributed by atoms with E-state index in [4.69, 9.17) is 4.74 Å². The molecule has 0 saturated carbocycles. The third-order valence-corrected chi connectivity index (χ3v) is 1.91. The summed E-state index contributed by atoms with van der Waals surface area (Å²) in [7, 11) is 4.04. The molecular weight excluding hydrogens is 174 g/mol.